The predicted molar refractivity (Wildman–Crippen MR) is 52.0 cm³/mol. The van der Waals surface area contributed by atoms with E-state index in [1.165, 1.54) is 0 Å². The number of amides is 1. The van der Waals surface area contributed by atoms with Crippen LogP contribution in [0.25, 0.3) is 0 Å². The molecule has 0 fully saturated rings. The summed E-state index contributed by atoms with van der Waals surface area (Å²) in [5.74, 6) is -1.57. The summed E-state index contributed by atoms with van der Waals surface area (Å²) in [6, 6.07) is 1.78. The first-order valence-corrected chi connectivity index (χ1v) is 4.35. The molecular formula is C9H11N3O3. The van der Waals surface area contributed by atoms with Crippen LogP contribution in [0, 0.1) is 0 Å². The average Bonchev–Trinajstić information content (AvgIpc) is 2.67. The van der Waals surface area contributed by atoms with Crippen molar-refractivity contribution in [2.75, 3.05) is 6.54 Å². The zero-order valence-electron chi connectivity index (χ0n) is 7.96. The number of aliphatic carboxylic acids is 1. The van der Waals surface area contributed by atoms with E-state index in [1.54, 1.807) is 23.1 Å². The minimum Gasteiger partial charge on any atom is -0.478 e. The first-order valence-electron chi connectivity index (χ1n) is 4.35. The number of carbonyl (C=O) groups excluding carboxylic acids is 1. The van der Waals surface area contributed by atoms with Crippen LogP contribution in [0.15, 0.2) is 30.6 Å². The van der Waals surface area contributed by atoms with Crippen LogP contribution in [0.5, 0.6) is 0 Å². The van der Waals surface area contributed by atoms with E-state index in [4.69, 9.17) is 5.11 Å². The van der Waals surface area contributed by atoms with Gasteiger partial charge in [-0.1, -0.05) is 0 Å². The SMILES string of the molecule is O=C(O)C=CC(=O)NCCn1cccn1. The van der Waals surface area contributed by atoms with Gasteiger partial charge in [0, 0.05) is 31.1 Å². The molecule has 80 valence electrons. The van der Waals surface area contributed by atoms with Gasteiger partial charge in [0.1, 0.15) is 0 Å². The topological polar surface area (TPSA) is 84.2 Å². The quantitative estimate of drug-likeness (QED) is 0.648. The van der Waals surface area contributed by atoms with Crippen LogP contribution >= 0.6 is 0 Å². The Labute approximate surface area is 86.2 Å². The van der Waals surface area contributed by atoms with Crippen LogP contribution in [0.2, 0.25) is 0 Å². The van der Waals surface area contributed by atoms with Crippen molar-refractivity contribution in [1.82, 2.24) is 15.1 Å². The maximum absolute atomic E-state index is 11.0. The van der Waals surface area contributed by atoms with Gasteiger partial charge < -0.3 is 10.4 Å². The van der Waals surface area contributed by atoms with E-state index >= 15 is 0 Å². The van der Waals surface area contributed by atoms with Gasteiger partial charge in [-0.25, -0.2) is 4.79 Å². The van der Waals surface area contributed by atoms with Crippen LogP contribution in [0.1, 0.15) is 0 Å². The fourth-order valence-electron chi connectivity index (χ4n) is 0.932. The predicted octanol–water partition coefficient (Wildman–Crippen LogP) is -0.360. The highest BCUT2D eigenvalue weighted by molar-refractivity contribution is 5.93. The fraction of sp³-hybridized carbons (Fsp3) is 0.222. The number of carboxylic acids is 1. The molecule has 6 heteroatoms. The lowest BCUT2D eigenvalue weighted by Gasteiger charge is -2.01. The van der Waals surface area contributed by atoms with Gasteiger partial charge in [-0.3, -0.25) is 9.48 Å². The molecule has 1 heterocycles. The Morgan fingerprint density at radius 2 is 2.27 bits per heavy atom. The monoisotopic (exact) mass is 209 g/mol. The van der Waals surface area contributed by atoms with Crippen LogP contribution in [0.4, 0.5) is 0 Å². The average molecular weight is 209 g/mol. The Morgan fingerprint density at radius 1 is 1.47 bits per heavy atom. The number of rotatable bonds is 5. The summed E-state index contributed by atoms with van der Waals surface area (Å²) in [5, 5.41) is 14.7. The zero-order valence-corrected chi connectivity index (χ0v) is 7.96. The Bertz CT molecular complexity index is 357. The summed E-state index contributed by atoms with van der Waals surface area (Å²) in [5.41, 5.74) is 0. The molecule has 1 rings (SSSR count). The van der Waals surface area contributed by atoms with Crippen molar-refractivity contribution < 1.29 is 14.7 Å². The largest absolute Gasteiger partial charge is 0.478 e. The molecule has 0 unspecified atom stereocenters. The Balaban J connectivity index is 2.20. The number of nitrogens with one attached hydrogen (secondary N) is 1. The Kier molecular flexibility index (Phi) is 4.08. The third-order valence-corrected chi connectivity index (χ3v) is 1.58. The van der Waals surface area contributed by atoms with Crippen molar-refractivity contribution >= 4 is 11.9 Å². The van der Waals surface area contributed by atoms with Gasteiger partial charge in [0.25, 0.3) is 0 Å². The second-order valence-electron chi connectivity index (χ2n) is 2.73. The molecule has 0 aliphatic carbocycles. The normalized spacial score (nSPS) is 10.4. The molecule has 1 aromatic heterocycles. The van der Waals surface area contributed by atoms with Crippen LogP contribution in [0.3, 0.4) is 0 Å². The third kappa shape index (κ3) is 4.61. The van der Waals surface area contributed by atoms with Gasteiger partial charge in [-0.05, 0) is 6.07 Å². The van der Waals surface area contributed by atoms with Gasteiger partial charge in [0.05, 0.1) is 6.54 Å². The molecule has 6 nitrogen and oxygen atoms in total. The van der Waals surface area contributed by atoms with E-state index in [2.05, 4.69) is 10.4 Å². The third-order valence-electron chi connectivity index (χ3n) is 1.58. The van der Waals surface area contributed by atoms with E-state index in [-0.39, 0.29) is 0 Å². The van der Waals surface area contributed by atoms with Gasteiger partial charge >= 0.3 is 5.97 Å². The summed E-state index contributed by atoms with van der Waals surface area (Å²) in [6.45, 7) is 0.962. The molecule has 1 aromatic rings. The first-order chi connectivity index (χ1) is 7.18. The summed E-state index contributed by atoms with van der Waals surface area (Å²) in [7, 11) is 0. The maximum atomic E-state index is 11.0. The lowest BCUT2D eigenvalue weighted by molar-refractivity contribution is -0.131. The molecule has 0 aliphatic rings. The zero-order chi connectivity index (χ0) is 11.1. The second-order valence-corrected chi connectivity index (χ2v) is 2.73. The van der Waals surface area contributed by atoms with Crippen molar-refractivity contribution in [2.45, 2.75) is 6.54 Å². The number of nitrogens with zero attached hydrogens (tertiary/aromatic N) is 2. The molecule has 0 spiro atoms. The second kappa shape index (κ2) is 5.58. The highest BCUT2D eigenvalue weighted by Crippen LogP contribution is 1.82. The number of hydrogen-bond donors (Lipinski definition) is 2. The molecule has 0 saturated heterocycles. The van der Waals surface area contributed by atoms with Crippen molar-refractivity contribution in [2.24, 2.45) is 0 Å². The lowest BCUT2D eigenvalue weighted by atomic mass is 10.4. The number of aromatic nitrogens is 2. The number of hydrogen-bond acceptors (Lipinski definition) is 3. The highest BCUT2D eigenvalue weighted by Gasteiger charge is 1.96. The van der Waals surface area contributed by atoms with Crippen LogP contribution in [-0.2, 0) is 16.1 Å². The van der Waals surface area contributed by atoms with E-state index < -0.39 is 11.9 Å². The van der Waals surface area contributed by atoms with Crippen molar-refractivity contribution in [3.63, 3.8) is 0 Å². The van der Waals surface area contributed by atoms with Gasteiger partial charge in [-0.2, -0.15) is 5.10 Å². The minimum absolute atomic E-state index is 0.407. The Morgan fingerprint density at radius 3 is 2.87 bits per heavy atom. The molecule has 0 atom stereocenters. The van der Waals surface area contributed by atoms with Crippen LogP contribution in [-0.4, -0.2) is 33.3 Å². The Hall–Kier alpha value is -2.11. The van der Waals surface area contributed by atoms with Gasteiger partial charge in [-0.15, -0.1) is 0 Å². The molecule has 1 amide bonds. The molecule has 0 saturated carbocycles. The van der Waals surface area contributed by atoms with Gasteiger partial charge in [0.15, 0.2) is 0 Å². The summed E-state index contributed by atoms with van der Waals surface area (Å²) in [6.07, 6.45) is 5.19. The lowest BCUT2D eigenvalue weighted by Crippen LogP contribution is -2.25. The van der Waals surface area contributed by atoms with Crippen LogP contribution < -0.4 is 5.32 Å². The maximum Gasteiger partial charge on any atom is 0.328 e. The summed E-state index contributed by atoms with van der Waals surface area (Å²) < 4.78 is 1.67. The van der Waals surface area contributed by atoms with Gasteiger partial charge in [0.2, 0.25) is 5.91 Å². The van der Waals surface area contributed by atoms with Crippen molar-refractivity contribution in [1.29, 1.82) is 0 Å². The molecule has 15 heavy (non-hydrogen) atoms. The van der Waals surface area contributed by atoms with E-state index in [9.17, 15) is 9.59 Å². The van der Waals surface area contributed by atoms with E-state index in [1.807, 2.05) is 0 Å². The molecule has 0 radical (unpaired) electrons. The molecular weight excluding hydrogens is 198 g/mol. The molecule has 0 aliphatic heterocycles. The van der Waals surface area contributed by atoms with Crippen molar-refractivity contribution in [3.8, 4) is 0 Å². The molecule has 0 bridgehead atoms. The minimum atomic E-state index is -1.14. The standard InChI is InChI=1S/C9H11N3O3/c13-8(2-3-9(14)15)10-5-7-12-6-1-4-11-12/h1-4,6H,5,7H2,(H,10,13)(H,14,15). The molecule has 0 aromatic carbocycles. The summed E-state index contributed by atoms with van der Waals surface area (Å²) in [4.78, 5) is 21.1. The smallest absolute Gasteiger partial charge is 0.328 e. The highest BCUT2D eigenvalue weighted by atomic mass is 16.4. The first kappa shape index (κ1) is 11.0. The van der Waals surface area contributed by atoms with E-state index in [0.717, 1.165) is 12.2 Å². The number of carbonyl (C=O) groups is 2. The number of carboxylic acid groups (broad SMARTS) is 1. The molecule has 2 N–H and O–H groups in total. The van der Waals surface area contributed by atoms with E-state index in [0.29, 0.717) is 13.1 Å². The van der Waals surface area contributed by atoms with Crippen molar-refractivity contribution in [3.05, 3.63) is 30.6 Å². The summed E-state index contributed by atoms with van der Waals surface area (Å²) >= 11 is 0. The fourth-order valence-corrected chi connectivity index (χ4v) is 0.932.